The molecule has 1 aromatic rings. The standard InChI is InChI=1S/C15H28N4O/c1-2-14(7-8-16)5-6-15(20)18-9-3-4-11-19-12-10-17-13-19/h10,12-14H,2-9,11,16H2,1H3,(H,18,20). The Labute approximate surface area is 122 Å². The quantitative estimate of drug-likeness (QED) is 0.608. The fourth-order valence-electron chi connectivity index (χ4n) is 2.28. The molecule has 0 fully saturated rings. The molecule has 5 heteroatoms. The van der Waals surface area contributed by atoms with E-state index in [4.69, 9.17) is 5.73 Å². The van der Waals surface area contributed by atoms with Gasteiger partial charge in [-0.15, -0.1) is 0 Å². The summed E-state index contributed by atoms with van der Waals surface area (Å²) in [6.45, 7) is 4.61. The number of carbonyl (C=O) groups is 1. The summed E-state index contributed by atoms with van der Waals surface area (Å²) in [7, 11) is 0. The highest BCUT2D eigenvalue weighted by Gasteiger charge is 2.08. The number of hydrogen-bond acceptors (Lipinski definition) is 3. The molecule has 1 aromatic heterocycles. The van der Waals surface area contributed by atoms with Crippen LogP contribution in [0, 0.1) is 5.92 Å². The van der Waals surface area contributed by atoms with Crippen molar-refractivity contribution in [2.24, 2.45) is 11.7 Å². The van der Waals surface area contributed by atoms with E-state index in [1.807, 2.05) is 12.5 Å². The van der Waals surface area contributed by atoms with Crippen molar-refractivity contribution in [3.05, 3.63) is 18.7 Å². The number of nitrogens with one attached hydrogen (secondary N) is 1. The van der Waals surface area contributed by atoms with E-state index in [0.717, 1.165) is 45.2 Å². The minimum Gasteiger partial charge on any atom is -0.356 e. The van der Waals surface area contributed by atoms with Gasteiger partial charge in [0.05, 0.1) is 6.33 Å². The average molecular weight is 280 g/mol. The Balaban J connectivity index is 1.99. The summed E-state index contributed by atoms with van der Waals surface area (Å²) < 4.78 is 2.06. The number of nitrogens with two attached hydrogens (primary N) is 1. The van der Waals surface area contributed by atoms with Crippen LogP contribution >= 0.6 is 0 Å². The van der Waals surface area contributed by atoms with Crippen molar-refractivity contribution in [3.63, 3.8) is 0 Å². The minimum atomic E-state index is 0.170. The van der Waals surface area contributed by atoms with Gasteiger partial charge in [0.15, 0.2) is 0 Å². The van der Waals surface area contributed by atoms with Crippen molar-refractivity contribution in [2.75, 3.05) is 13.1 Å². The fraction of sp³-hybridized carbons (Fsp3) is 0.733. The molecule has 0 aliphatic carbocycles. The van der Waals surface area contributed by atoms with E-state index >= 15 is 0 Å². The van der Waals surface area contributed by atoms with Crippen LogP contribution in [0.2, 0.25) is 0 Å². The summed E-state index contributed by atoms with van der Waals surface area (Å²) >= 11 is 0. The monoisotopic (exact) mass is 280 g/mol. The molecular weight excluding hydrogens is 252 g/mol. The van der Waals surface area contributed by atoms with Gasteiger partial charge in [-0.1, -0.05) is 13.3 Å². The van der Waals surface area contributed by atoms with Crippen LogP contribution in [-0.4, -0.2) is 28.5 Å². The van der Waals surface area contributed by atoms with Gasteiger partial charge in [0.1, 0.15) is 0 Å². The molecule has 0 aliphatic rings. The van der Waals surface area contributed by atoms with Crippen molar-refractivity contribution in [1.82, 2.24) is 14.9 Å². The fourth-order valence-corrected chi connectivity index (χ4v) is 2.28. The first-order valence-corrected chi connectivity index (χ1v) is 7.68. The summed E-state index contributed by atoms with van der Waals surface area (Å²) in [6.07, 6.45) is 11.3. The summed E-state index contributed by atoms with van der Waals surface area (Å²) in [5.41, 5.74) is 5.56. The molecule has 0 radical (unpaired) electrons. The second kappa shape index (κ2) is 10.4. The second-order valence-electron chi connectivity index (χ2n) is 5.25. The molecular formula is C15H28N4O. The van der Waals surface area contributed by atoms with E-state index in [1.54, 1.807) is 6.20 Å². The smallest absolute Gasteiger partial charge is 0.220 e. The van der Waals surface area contributed by atoms with Gasteiger partial charge in [-0.25, -0.2) is 4.98 Å². The van der Waals surface area contributed by atoms with Crippen LogP contribution in [0.1, 0.15) is 45.4 Å². The van der Waals surface area contributed by atoms with E-state index in [-0.39, 0.29) is 5.91 Å². The maximum absolute atomic E-state index is 11.7. The van der Waals surface area contributed by atoms with Crippen LogP contribution in [-0.2, 0) is 11.3 Å². The van der Waals surface area contributed by atoms with Crippen molar-refractivity contribution in [1.29, 1.82) is 0 Å². The molecule has 1 unspecified atom stereocenters. The van der Waals surface area contributed by atoms with Crippen LogP contribution in [0.4, 0.5) is 0 Å². The SMILES string of the molecule is CCC(CCN)CCC(=O)NCCCCn1ccnc1. The number of amides is 1. The van der Waals surface area contributed by atoms with Crippen molar-refractivity contribution in [2.45, 2.75) is 52.0 Å². The molecule has 1 amide bonds. The van der Waals surface area contributed by atoms with Gasteiger partial charge in [-0.05, 0) is 38.1 Å². The number of nitrogens with zero attached hydrogens (tertiary/aromatic N) is 2. The molecule has 5 nitrogen and oxygen atoms in total. The Hall–Kier alpha value is -1.36. The number of rotatable bonds is 11. The Morgan fingerprint density at radius 2 is 2.25 bits per heavy atom. The lowest BCUT2D eigenvalue weighted by molar-refractivity contribution is -0.121. The third-order valence-electron chi connectivity index (χ3n) is 3.66. The highest BCUT2D eigenvalue weighted by Crippen LogP contribution is 2.14. The molecule has 0 saturated carbocycles. The molecule has 0 saturated heterocycles. The molecule has 1 heterocycles. The van der Waals surface area contributed by atoms with E-state index in [2.05, 4.69) is 21.8 Å². The third-order valence-corrected chi connectivity index (χ3v) is 3.66. The Kier molecular flexibility index (Phi) is 8.71. The van der Waals surface area contributed by atoms with Crippen molar-refractivity contribution in [3.8, 4) is 0 Å². The maximum Gasteiger partial charge on any atom is 0.220 e. The number of imidazole rings is 1. The summed E-state index contributed by atoms with van der Waals surface area (Å²) in [6, 6.07) is 0. The van der Waals surface area contributed by atoms with Gasteiger partial charge in [-0.3, -0.25) is 4.79 Å². The van der Waals surface area contributed by atoms with Crippen molar-refractivity contribution < 1.29 is 4.79 Å². The van der Waals surface area contributed by atoms with Gasteiger partial charge < -0.3 is 15.6 Å². The highest BCUT2D eigenvalue weighted by molar-refractivity contribution is 5.75. The molecule has 0 spiro atoms. The molecule has 0 bridgehead atoms. The molecule has 3 N–H and O–H groups in total. The molecule has 20 heavy (non-hydrogen) atoms. The van der Waals surface area contributed by atoms with Gasteiger partial charge >= 0.3 is 0 Å². The van der Waals surface area contributed by atoms with Gasteiger partial charge in [0, 0.05) is 31.9 Å². The third kappa shape index (κ3) is 7.28. The average Bonchev–Trinajstić information content (AvgIpc) is 2.96. The Bertz CT molecular complexity index is 351. The first-order chi connectivity index (χ1) is 9.76. The summed E-state index contributed by atoms with van der Waals surface area (Å²) in [5, 5.41) is 2.99. The predicted molar refractivity (Wildman–Crippen MR) is 81.2 cm³/mol. The molecule has 1 rings (SSSR count). The van der Waals surface area contributed by atoms with Crippen LogP contribution in [0.25, 0.3) is 0 Å². The molecule has 114 valence electrons. The van der Waals surface area contributed by atoms with Crippen LogP contribution in [0.3, 0.4) is 0 Å². The van der Waals surface area contributed by atoms with Crippen LogP contribution in [0.15, 0.2) is 18.7 Å². The first kappa shape index (κ1) is 16.7. The highest BCUT2D eigenvalue weighted by atomic mass is 16.1. The largest absolute Gasteiger partial charge is 0.356 e. The lowest BCUT2D eigenvalue weighted by Gasteiger charge is -2.13. The number of aromatic nitrogens is 2. The molecule has 1 atom stereocenters. The lowest BCUT2D eigenvalue weighted by Crippen LogP contribution is -2.25. The van der Waals surface area contributed by atoms with Gasteiger partial charge in [0.2, 0.25) is 5.91 Å². The summed E-state index contributed by atoms with van der Waals surface area (Å²) in [4.78, 5) is 15.7. The molecule has 0 aromatic carbocycles. The topological polar surface area (TPSA) is 72.9 Å². The predicted octanol–water partition coefficient (Wildman–Crippen LogP) is 1.93. The van der Waals surface area contributed by atoms with E-state index in [0.29, 0.717) is 18.9 Å². The van der Waals surface area contributed by atoms with Gasteiger partial charge in [0.25, 0.3) is 0 Å². The minimum absolute atomic E-state index is 0.170. The second-order valence-corrected chi connectivity index (χ2v) is 5.25. The Morgan fingerprint density at radius 1 is 1.40 bits per heavy atom. The normalized spacial score (nSPS) is 12.3. The Morgan fingerprint density at radius 3 is 2.90 bits per heavy atom. The van der Waals surface area contributed by atoms with Crippen LogP contribution < -0.4 is 11.1 Å². The maximum atomic E-state index is 11.7. The zero-order valence-corrected chi connectivity index (χ0v) is 12.6. The summed E-state index contributed by atoms with van der Waals surface area (Å²) in [5.74, 6) is 0.759. The van der Waals surface area contributed by atoms with Crippen molar-refractivity contribution >= 4 is 5.91 Å². The lowest BCUT2D eigenvalue weighted by atomic mass is 9.96. The zero-order valence-electron chi connectivity index (χ0n) is 12.6. The first-order valence-electron chi connectivity index (χ1n) is 7.68. The number of hydrogen-bond donors (Lipinski definition) is 2. The molecule has 0 aliphatic heterocycles. The zero-order chi connectivity index (χ0) is 14.6. The number of aryl methyl sites for hydroxylation is 1. The van der Waals surface area contributed by atoms with E-state index in [1.165, 1.54) is 0 Å². The van der Waals surface area contributed by atoms with Gasteiger partial charge in [-0.2, -0.15) is 0 Å². The van der Waals surface area contributed by atoms with E-state index < -0.39 is 0 Å². The van der Waals surface area contributed by atoms with E-state index in [9.17, 15) is 4.79 Å². The number of carbonyl (C=O) groups excluding carboxylic acids is 1. The van der Waals surface area contributed by atoms with Crippen LogP contribution in [0.5, 0.6) is 0 Å². The number of unbranched alkanes of at least 4 members (excludes halogenated alkanes) is 1.